The second kappa shape index (κ2) is 8.09. The van der Waals surface area contributed by atoms with Gasteiger partial charge in [-0.15, -0.1) is 10.2 Å². The number of nitrogens with zero attached hydrogens (tertiary/aromatic N) is 3. The van der Waals surface area contributed by atoms with Crippen LogP contribution in [-0.4, -0.2) is 33.8 Å². The fraction of sp³-hybridized carbons (Fsp3) is 0.167. The number of aromatic nitrogens is 2. The number of benzene rings is 2. The average molecular weight is 375 g/mol. The maximum atomic E-state index is 13.7. The predicted octanol–water partition coefficient (Wildman–Crippen LogP) is 3.77. The SMILES string of the molecule is CN(Cc1ccc(F)cc1)C(=O)CSc1nnc(-c2ccccc2F)o1. The van der Waals surface area contributed by atoms with Crippen LogP contribution in [0.5, 0.6) is 0 Å². The number of halogens is 2. The fourth-order valence-electron chi connectivity index (χ4n) is 2.20. The van der Waals surface area contributed by atoms with Crippen LogP contribution in [0.4, 0.5) is 8.78 Å². The zero-order chi connectivity index (χ0) is 18.5. The van der Waals surface area contributed by atoms with Gasteiger partial charge in [0, 0.05) is 13.6 Å². The Morgan fingerprint density at radius 1 is 1.12 bits per heavy atom. The van der Waals surface area contributed by atoms with Gasteiger partial charge in [0.1, 0.15) is 11.6 Å². The normalized spacial score (nSPS) is 10.7. The number of thioether (sulfide) groups is 1. The van der Waals surface area contributed by atoms with Crippen molar-refractivity contribution in [2.75, 3.05) is 12.8 Å². The van der Waals surface area contributed by atoms with Crippen LogP contribution >= 0.6 is 11.8 Å². The molecule has 0 saturated heterocycles. The third-order valence-corrected chi connectivity index (χ3v) is 4.39. The van der Waals surface area contributed by atoms with Crippen molar-refractivity contribution in [1.29, 1.82) is 0 Å². The van der Waals surface area contributed by atoms with Gasteiger partial charge in [-0.1, -0.05) is 36.0 Å². The Balaban J connectivity index is 1.56. The van der Waals surface area contributed by atoms with Crippen molar-refractivity contribution in [3.63, 3.8) is 0 Å². The second-order valence-corrected chi connectivity index (χ2v) is 6.44. The zero-order valence-corrected chi connectivity index (χ0v) is 14.7. The van der Waals surface area contributed by atoms with E-state index in [4.69, 9.17) is 4.42 Å². The maximum absolute atomic E-state index is 13.7. The summed E-state index contributed by atoms with van der Waals surface area (Å²) in [4.78, 5) is 13.7. The van der Waals surface area contributed by atoms with Crippen LogP contribution in [0.15, 0.2) is 58.2 Å². The first kappa shape index (κ1) is 18.1. The topological polar surface area (TPSA) is 59.2 Å². The summed E-state index contributed by atoms with van der Waals surface area (Å²) in [6.07, 6.45) is 0. The van der Waals surface area contributed by atoms with Gasteiger partial charge in [0.25, 0.3) is 11.1 Å². The highest BCUT2D eigenvalue weighted by Gasteiger charge is 2.15. The summed E-state index contributed by atoms with van der Waals surface area (Å²) in [5.41, 5.74) is 1.04. The number of hydrogen-bond donors (Lipinski definition) is 0. The van der Waals surface area contributed by atoms with Crippen molar-refractivity contribution in [3.05, 3.63) is 65.7 Å². The number of hydrogen-bond acceptors (Lipinski definition) is 5. The lowest BCUT2D eigenvalue weighted by molar-refractivity contribution is -0.127. The lowest BCUT2D eigenvalue weighted by atomic mass is 10.2. The highest BCUT2D eigenvalue weighted by molar-refractivity contribution is 7.99. The Hall–Kier alpha value is -2.74. The van der Waals surface area contributed by atoms with E-state index in [1.807, 2.05) is 0 Å². The predicted molar refractivity (Wildman–Crippen MR) is 93.3 cm³/mol. The minimum Gasteiger partial charge on any atom is -0.411 e. The Labute approximate surface area is 153 Å². The Bertz CT molecular complexity index is 899. The van der Waals surface area contributed by atoms with Gasteiger partial charge in [-0.05, 0) is 29.8 Å². The van der Waals surface area contributed by atoms with Gasteiger partial charge in [-0.2, -0.15) is 0 Å². The number of carbonyl (C=O) groups excluding carboxylic acids is 1. The molecule has 0 atom stereocenters. The van der Waals surface area contributed by atoms with E-state index >= 15 is 0 Å². The summed E-state index contributed by atoms with van der Waals surface area (Å²) in [5, 5.41) is 7.82. The minimum absolute atomic E-state index is 0.0673. The summed E-state index contributed by atoms with van der Waals surface area (Å²) in [6.45, 7) is 0.365. The Kier molecular flexibility index (Phi) is 5.62. The first-order chi connectivity index (χ1) is 12.5. The summed E-state index contributed by atoms with van der Waals surface area (Å²) in [7, 11) is 1.66. The van der Waals surface area contributed by atoms with E-state index in [-0.39, 0.29) is 34.2 Å². The molecule has 0 fully saturated rings. The standard InChI is InChI=1S/C18H15F2N3O2S/c1-23(10-12-6-8-13(19)9-7-12)16(24)11-26-18-22-21-17(25-18)14-4-2-3-5-15(14)20/h2-9H,10-11H2,1H3. The third kappa shape index (κ3) is 4.45. The van der Waals surface area contributed by atoms with Crippen LogP contribution in [0.2, 0.25) is 0 Å². The van der Waals surface area contributed by atoms with Crippen LogP contribution in [0.1, 0.15) is 5.56 Å². The summed E-state index contributed by atoms with van der Waals surface area (Å²) in [5.74, 6) is -0.762. The smallest absolute Gasteiger partial charge is 0.277 e. The van der Waals surface area contributed by atoms with Gasteiger partial charge < -0.3 is 9.32 Å². The molecular weight excluding hydrogens is 360 g/mol. The monoisotopic (exact) mass is 375 g/mol. The molecule has 0 aliphatic rings. The van der Waals surface area contributed by atoms with Crippen LogP contribution < -0.4 is 0 Å². The molecule has 1 amide bonds. The van der Waals surface area contributed by atoms with Gasteiger partial charge in [-0.25, -0.2) is 8.78 Å². The highest BCUT2D eigenvalue weighted by atomic mass is 32.2. The van der Waals surface area contributed by atoms with Crippen molar-refractivity contribution in [1.82, 2.24) is 15.1 Å². The van der Waals surface area contributed by atoms with Crippen molar-refractivity contribution < 1.29 is 18.0 Å². The molecule has 1 aromatic heterocycles. The number of carbonyl (C=O) groups is 1. The largest absolute Gasteiger partial charge is 0.411 e. The molecule has 0 saturated carbocycles. The molecule has 0 radical (unpaired) electrons. The number of amides is 1. The zero-order valence-electron chi connectivity index (χ0n) is 13.9. The van der Waals surface area contributed by atoms with Crippen molar-refractivity contribution in [2.24, 2.45) is 0 Å². The lowest BCUT2D eigenvalue weighted by Gasteiger charge is -2.16. The molecule has 5 nitrogen and oxygen atoms in total. The highest BCUT2D eigenvalue weighted by Crippen LogP contribution is 2.25. The molecule has 8 heteroatoms. The van der Waals surface area contributed by atoms with Crippen LogP contribution in [-0.2, 0) is 11.3 Å². The van der Waals surface area contributed by atoms with Crippen LogP contribution in [0.3, 0.4) is 0 Å². The van der Waals surface area contributed by atoms with E-state index in [1.54, 1.807) is 37.4 Å². The first-order valence-electron chi connectivity index (χ1n) is 7.72. The van der Waals surface area contributed by atoms with Crippen LogP contribution in [0, 0.1) is 11.6 Å². The fourth-order valence-corrected chi connectivity index (χ4v) is 2.90. The number of rotatable bonds is 6. The summed E-state index contributed by atoms with van der Waals surface area (Å²) >= 11 is 1.08. The van der Waals surface area contributed by atoms with E-state index in [9.17, 15) is 13.6 Å². The van der Waals surface area contributed by atoms with Gasteiger partial charge in [-0.3, -0.25) is 4.79 Å². The van der Waals surface area contributed by atoms with E-state index in [0.717, 1.165) is 17.3 Å². The summed E-state index contributed by atoms with van der Waals surface area (Å²) in [6, 6.07) is 12.1. The first-order valence-corrected chi connectivity index (χ1v) is 8.71. The third-order valence-electron chi connectivity index (χ3n) is 3.59. The Morgan fingerprint density at radius 3 is 2.58 bits per heavy atom. The van der Waals surface area contributed by atoms with Gasteiger partial charge in [0.05, 0.1) is 11.3 Å². The molecule has 0 bridgehead atoms. The molecule has 26 heavy (non-hydrogen) atoms. The lowest BCUT2D eigenvalue weighted by Crippen LogP contribution is -2.27. The molecule has 0 unspecified atom stereocenters. The van der Waals surface area contributed by atoms with E-state index in [1.165, 1.54) is 23.1 Å². The molecule has 2 aromatic carbocycles. The summed E-state index contributed by atoms with van der Waals surface area (Å²) < 4.78 is 32.0. The van der Waals surface area contributed by atoms with Gasteiger partial charge in [0.2, 0.25) is 5.91 Å². The quantitative estimate of drug-likeness (QED) is 0.614. The van der Waals surface area contributed by atoms with E-state index in [0.29, 0.717) is 6.54 Å². The molecule has 0 aliphatic heterocycles. The maximum Gasteiger partial charge on any atom is 0.277 e. The van der Waals surface area contributed by atoms with Gasteiger partial charge in [0.15, 0.2) is 0 Å². The van der Waals surface area contributed by atoms with Crippen molar-refractivity contribution in [2.45, 2.75) is 11.8 Å². The van der Waals surface area contributed by atoms with E-state index in [2.05, 4.69) is 10.2 Å². The second-order valence-electron chi connectivity index (χ2n) is 5.52. The molecule has 0 N–H and O–H groups in total. The minimum atomic E-state index is -0.456. The molecule has 0 aliphatic carbocycles. The molecule has 3 aromatic rings. The average Bonchev–Trinajstić information content (AvgIpc) is 3.10. The molecular formula is C18H15F2N3O2S. The molecule has 3 rings (SSSR count). The Morgan fingerprint density at radius 2 is 1.85 bits per heavy atom. The molecule has 0 spiro atoms. The van der Waals surface area contributed by atoms with E-state index < -0.39 is 5.82 Å². The molecule has 1 heterocycles. The van der Waals surface area contributed by atoms with Crippen molar-refractivity contribution in [3.8, 4) is 11.5 Å². The van der Waals surface area contributed by atoms with Crippen LogP contribution in [0.25, 0.3) is 11.5 Å². The van der Waals surface area contributed by atoms with Gasteiger partial charge >= 0.3 is 0 Å². The van der Waals surface area contributed by atoms with Crippen molar-refractivity contribution >= 4 is 17.7 Å². The molecule has 134 valence electrons.